The summed E-state index contributed by atoms with van der Waals surface area (Å²) in [4.78, 5) is 38.1. The number of hydrogen-bond donors (Lipinski definition) is 0. The van der Waals surface area contributed by atoms with Gasteiger partial charge in [-0.2, -0.15) is 0 Å². The molecule has 0 saturated heterocycles. The molecule has 0 amide bonds. The number of rotatable bonds is 53. The first-order chi connectivity index (χ1) is 32.1. The van der Waals surface area contributed by atoms with E-state index in [2.05, 4.69) is 41.5 Å². The summed E-state index contributed by atoms with van der Waals surface area (Å²) in [7, 11) is 0. The van der Waals surface area contributed by atoms with E-state index < -0.39 is 6.10 Å². The van der Waals surface area contributed by atoms with Crippen molar-refractivity contribution in [2.45, 2.75) is 337 Å². The average molecular weight is 934 g/mol. The molecule has 0 aromatic rings. The first-order valence-corrected chi connectivity index (χ1v) is 29.6. The van der Waals surface area contributed by atoms with Crippen LogP contribution in [0.25, 0.3) is 0 Å². The fourth-order valence-corrected chi connectivity index (χ4v) is 9.18. The molecule has 0 aliphatic rings. The maximum absolute atomic E-state index is 12.8. The topological polar surface area (TPSA) is 78.9 Å². The van der Waals surface area contributed by atoms with E-state index in [1.54, 1.807) is 0 Å². The highest BCUT2D eigenvalue weighted by molar-refractivity contribution is 5.71. The van der Waals surface area contributed by atoms with Crippen LogP contribution in [0.2, 0.25) is 0 Å². The summed E-state index contributed by atoms with van der Waals surface area (Å²) in [5.41, 5.74) is 0. The Balaban J connectivity index is 4.23. The van der Waals surface area contributed by atoms with Crippen molar-refractivity contribution in [3.05, 3.63) is 0 Å². The van der Waals surface area contributed by atoms with Gasteiger partial charge >= 0.3 is 17.9 Å². The Hall–Kier alpha value is -1.59. The average Bonchev–Trinajstić information content (AvgIpc) is 3.28. The van der Waals surface area contributed by atoms with Gasteiger partial charge in [-0.05, 0) is 37.0 Å². The van der Waals surface area contributed by atoms with Crippen molar-refractivity contribution in [1.29, 1.82) is 0 Å². The van der Waals surface area contributed by atoms with Crippen LogP contribution in [0.1, 0.15) is 330 Å². The highest BCUT2D eigenvalue weighted by atomic mass is 16.6. The van der Waals surface area contributed by atoms with Crippen LogP contribution in [0, 0.1) is 17.8 Å². The first kappa shape index (κ1) is 64.4. The van der Waals surface area contributed by atoms with Crippen molar-refractivity contribution in [2.24, 2.45) is 17.8 Å². The maximum atomic E-state index is 12.8. The van der Waals surface area contributed by atoms with E-state index in [1.807, 2.05) is 0 Å². The summed E-state index contributed by atoms with van der Waals surface area (Å²) >= 11 is 0. The van der Waals surface area contributed by atoms with E-state index in [0.717, 1.165) is 75.5 Å². The highest BCUT2D eigenvalue weighted by Gasteiger charge is 2.19. The highest BCUT2D eigenvalue weighted by Crippen LogP contribution is 2.19. The Morgan fingerprint density at radius 3 is 0.652 bits per heavy atom. The fourth-order valence-electron chi connectivity index (χ4n) is 9.18. The van der Waals surface area contributed by atoms with Gasteiger partial charge < -0.3 is 14.2 Å². The summed E-state index contributed by atoms with van der Waals surface area (Å²) in [6.07, 6.45) is 53.9. The number of carbonyl (C=O) groups is 3. The fraction of sp³-hybridized carbons (Fsp3) is 0.950. The largest absolute Gasteiger partial charge is 0.462 e. The molecular formula is C60H116O6. The van der Waals surface area contributed by atoms with Gasteiger partial charge in [0, 0.05) is 19.3 Å². The van der Waals surface area contributed by atoms with Crippen LogP contribution in [-0.4, -0.2) is 37.2 Å². The Morgan fingerprint density at radius 1 is 0.258 bits per heavy atom. The van der Waals surface area contributed by atoms with Crippen LogP contribution in [0.5, 0.6) is 0 Å². The van der Waals surface area contributed by atoms with Crippen molar-refractivity contribution in [3.8, 4) is 0 Å². The van der Waals surface area contributed by atoms with Gasteiger partial charge in [0.15, 0.2) is 6.10 Å². The SMILES string of the molecule is CC(C)CCCCCCCCCCCCCCCCCCCCC(=O)OC[C@@H](COC(=O)CCCCCCCCCCC(C)C)OC(=O)CCCCCCCCCCCCCCCC(C)C. The second-order valence-corrected chi connectivity index (χ2v) is 22.1. The first-order valence-electron chi connectivity index (χ1n) is 29.6. The van der Waals surface area contributed by atoms with Gasteiger partial charge in [-0.15, -0.1) is 0 Å². The zero-order valence-electron chi connectivity index (χ0n) is 45.5. The normalized spacial score (nSPS) is 12.1. The third-order valence-electron chi connectivity index (χ3n) is 13.6. The predicted octanol–water partition coefficient (Wildman–Crippen LogP) is 19.5. The van der Waals surface area contributed by atoms with Gasteiger partial charge in [0.1, 0.15) is 13.2 Å². The van der Waals surface area contributed by atoms with Gasteiger partial charge in [-0.25, -0.2) is 0 Å². The lowest BCUT2D eigenvalue weighted by molar-refractivity contribution is -0.167. The third kappa shape index (κ3) is 53.4. The van der Waals surface area contributed by atoms with E-state index in [0.29, 0.717) is 19.3 Å². The smallest absolute Gasteiger partial charge is 0.306 e. The molecule has 0 saturated carbocycles. The quantitative estimate of drug-likeness (QED) is 0.0343. The molecule has 0 rings (SSSR count). The van der Waals surface area contributed by atoms with Crippen molar-refractivity contribution in [3.63, 3.8) is 0 Å². The molecular weight excluding hydrogens is 817 g/mol. The number of unbranched alkanes of at least 4 members (excludes halogenated alkanes) is 36. The molecule has 392 valence electrons. The third-order valence-corrected chi connectivity index (χ3v) is 13.6. The summed E-state index contributed by atoms with van der Waals surface area (Å²) in [5.74, 6) is 1.65. The molecule has 0 fully saturated rings. The summed E-state index contributed by atoms with van der Waals surface area (Å²) in [6.45, 7) is 13.7. The molecule has 0 aromatic carbocycles. The molecule has 6 heteroatoms. The molecule has 0 N–H and O–H groups in total. The number of ether oxygens (including phenoxy) is 3. The van der Waals surface area contributed by atoms with E-state index >= 15 is 0 Å². The molecule has 0 unspecified atom stereocenters. The van der Waals surface area contributed by atoms with Crippen LogP contribution in [0.3, 0.4) is 0 Å². The molecule has 0 aliphatic heterocycles. The zero-order chi connectivity index (χ0) is 48.4. The van der Waals surface area contributed by atoms with Gasteiger partial charge in [-0.3, -0.25) is 14.4 Å². The number of esters is 3. The van der Waals surface area contributed by atoms with Crippen molar-refractivity contribution in [2.75, 3.05) is 13.2 Å². The zero-order valence-corrected chi connectivity index (χ0v) is 45.5. The minimum absolute atomic E-state index is 0.0637. The molecule has 0 spiro atoms. The Bertz CT molecular complexity index is 1020. The molecule has 0 bridgehead atoms. The lowest BCUT2D eigenvalue weighted by Crippen LogP contribution is -2.30. The van der Waals surface area contributed by atoms with Crippen molar-refractivity contribution in [1.82, 2.24) is 0 Å². The van der Waals surface area contributed by atoms with Gasteiger partial charge in [-0.1, -0.05) is 292 Å². The van der Waals surface area contributed by atoms with Gasteiger partial charge in [0.2, 0.25) is 0 Å². The second-order valence-electron chi connectivity index (χ2n) is 22.1. The lowest BCUT2D eigenvalue weighted by atomic mass is 10.0. The Labute approximate surface area is 412 Å². The monoisotopic (exact) mass is 933 g/mol. The standard InChI is InChI=1S/C60H116O6/c1-54(2)46-40-34-28-22-18-14-11-9-7-8-10-12-16-20-24-31-37-43-49-58(61)64-52-57(53-65-59(62)50-44-38-32-27-26-30-36-42-48-56(5)6)66-60(63)51-45-39-33-25-21-17-13-15-19-23-29-35-41-47-55(3)4/h54-57H,7-53H2,1-6H3/t57-/m0/s1. The van der Waals surface area contributed by atoms with E-state index in [9.17, 15) is 14.4 Å². The van der Waals surface area contributed by atoms with E-state index in [1.165, 1.54) is 212 Å². The van der Waals surface area contributed by atoms with Crippen molar-refractivity contribution >= 4 is 17.9 Å². The number of carbonyl (C=O) groups excluding carboxylic acids is 3. The molecule has 6 nitrogen and oxygen atoms in total. The maximum Gasteiger partial charge on any atom is 0.306 e. The minimum Gasteiger partial charge on any atom is -0.462 e. The molecule has 0 radical (unpaired) electrons. The Kier molecular flexibility index (Phi) is 50.0. The number of hydrogen-bond acceptors (Lipinski definition) is 6. The van der Waals surface area contributed by atoms with Crippen LogP contribution >= 0.6 is 0 Å². The second kappa shape index (κ2) is 51.3. The summed E-state index contributed by atoms with van der Waals surface area (Å²) in [6, 6.07) is 0. The van der Waals surface area contributed by atoms with E-state index in [-0.39, 0.29) is 31.1 Å². The van der Waals surface area contributed by atoms with E-state index in [4.69, 9.17) is 14.2 Å². The summed E-state index contributed by atoms with van der Waals surface area (Å²) < 4.78 is 16.9. The lowest BCUT2D eigenvalue weighted by Gasteiger charge is -2.18. The summed E-state index contributed by atoms with van der Waals surface area (Å²) in [5, 5.41) is 0. The predicted molar refractivity (Wildman–Crippen MR) is 284 cm³/mol. The van der Waals surface area contributed by atoms with Gasteiger partial charge in [0.05, 0.1) is 0 Å². The van der Waals surface area contributed by atoms with Crippen LogP contribution in [-0.2, 0) is 28.6 Å². The molecule has 66 heavy (non-hydrogen) atoms. The molecule has 1 atom stereocenters. The van der Waals surface area contributed by atoms with Crippen LogP contribution < -0.4 is 0 Å². The Morgan fingerprint density at radius 2 is 0.439 bits per heavy atom. The molecule has 0 aliphatic carbocycles. The van der Waals surface area contributed by atoms with Crippen molar-refractivity contribution < 1.29 is 28.6 Å². The van der Waals surface area contributed by atoms with Crippen LogP contribution in [0.15, 0.2) is 0 Å². The minimum atomic E-state index is -0.764. The molecule has 0 heterocycles. The van der Waals surface area contributed by atoms with Crippen LogP contribution in [0.4, 0.5) is 0 Å². The van der Waals surface area contributed by atoms with Gasteiger partial charge in [0.25, 0.3) is 0 Å². The molecule has 0 aromatic heterocycles.